The van der Waals surface area contributed by atoms with Crippen molar-refractivity contribution in [1.29, 1.82) is 5.26 Å². The number of anilines is 2. The average molecular weight is 596 g/mol. The molecular weight excluding hydrogens is 558 g/mol. The van der Waals surface area contributed by atoms with Crippen molar-refractivity contribution in [2.45, 2.75) is 70.2 Å². The standard InChI is InChI=1S/C29H38ClN9O3/c1-19(15-42-16-27-37-28(40)39-38-27)34-20-5-7-21(8-6-20)35-26-13-22(23(30)14-32-26)24-3-2-4-25(36-24)33-18-29(17-31)9-11-41-12-10-29/h2-4,13-14,19-21,34H,5-12,15-16,18H2,1H3,(H,32,35)(H,33,36)(H2,37,38,39,40)/t19-,20?,21?/m0/s1. The molecule has 5 N–H and O–H groups in total. The summed E-state index contributed by atoms with van der Waals surface area (Å²) in [6.45, 7) is 4.64. The quantitative estimate of drug-likeness (QED) is 0.207. The van der Waals surface area contributed by atoms with E-state index in [1.165, 1.54) is 0 Å². The number of halogens is 1. The van der Waals surface area contributed by atoms with E-state index in [2.05, 4.69) is 49.1 Å². The van der Waals surface area contributed by atoms with Gasteiger partial charge < -0.3 is 25.4 Å². The lowest BCUT2D eigenvalue weighted by Gasteiger charge is -2.32. The largest absolute Gasteiger partial charge is 0.381 e. The molecule has 12 nitrogen and oxygen atoms in total. The molecule has 13 heteroatoms. The highest BCUT2D eigenvalue weighted by molar-refractivity contribution is 6.33. The monoisotopic (exact) mass is 595 g/mol. The molecule has 224 valence electrons. The number of rotatable bonds is 12. The summed E-state index contributed by atoms with van der Waals surface area (Å²) in [6, 6.07) is 11.1. The summed E-state index contributed by atoms with van der Waals surface area (Å²) in [4.78, 5) is 23.0. The Bertz CT molecular complexity index is 1410. The zero-order valence-electron chi connectivity index (χ0n) is 23.8. The first-order valence-electron chi connectivity index (χ1n) is 14.5. The summed E-state index contributed by atoms with van der Waals surface area (Å²) < 4.78 is 11.1. The number of H-pyrrole nitrogens is 2. The second-order valence-corrected chi connectivity index (χ2v) is 11.6. The summed E-state index contributed by atoms with van der Waals surface area (Å²) in [5.41, 5.74) is 0.786. The molecule has 1 saturated heterocycles. The first kappa shape index (κ1) is 30.0. The van der Waals surface area contributed by atoms with Gasteiger partial charge in [0.15, 0.2) is 5.82 Å². The Morgan fingerprint density at radius 2 is 2.00 bits per heavy atom. The van der Waals surface area contributed by atoms with E-state index in [9.17, 15) is 10.1 Å². The normalized spacial score (nSPS) is 20.9. The topological polar surface area (TPSA) is 166 Å². The molecule has 1 saturated carbocycles. The molecule has 0 bridgehead atoms. The van der Waals surface area contributed by atoms with Crippen LogP contribution >= 0.6 is 11.6 Å². The Labute approximate surface area is 250 Å². The maximum Gasteiger partial charge on any atom is 0.340 e. The predicted molar refractivity (Wildman–Crippen MR) is 160 cm³/mol. The predicted octanol–water partition coefficient (Wildman–Crippen LogP) is 3.86. The molecule has 0 radical (unpaired) electrons. The highest BCUT2D eigenvalue weighted by Gasteiger charge is 2.32. The Hall–Kier alpha value is -3.50. The third kappa shape index (κ3) is 8.07. The molecule has 2 fully saturated rings. The zero-order valence-corrected chi connectivity index (χ0v) is 24.5. The van der Waals surface area contributed by atoms with Crippen molar-refractivity contribution in [3.8, 4) is 17.3 Å². The fourth-order valence-corrected chi connectivity index (χ4v) is 5.72. The molecule has 0 spiro atoms. The van der Waals surface area contributed by atoms with Crippen LogP contribution in [-0.2, 0) is 16.1 Å². The van der Waals surface area contributed by atoms with Crippen LogP contribution in [0.3, 0.4) is 0 Å². The summed E-state index contributed by atoms with van der Waals surface area (Å²) in [6.07, 6.45) is 7.21. The van der Waals surface area contributed by atoms with Gasteiger partial charge >= 0.3 is 5.69 Å². The van der Waals surface area contributed by atoms with Crippen LogP contribution in [0, 0.1) is 16.7 Å². The molecular formula is C29H38ClN9O3. The van der Waals surface area contributed by atoms with Crippen molar-refractivity contribution in [1.82, 2.24) is 30.5 Å². The molecule has 1 atom stereocenters. The van der Waals surface area contributed by atoms with Gasteiger partial charge in [0.05, 0.1) is 28.8 Å². The average Bonchev–Trinajstić information content (AvgIpc) is 3.43. The highest BCUT2D eigenvalue weighted by atomic mass is 35.5. The summed E-state index contributed by atoms with van der Waals surface area (Å²) in [5, 5.41) is 27.1. The van der Waals surface area contributed by atoms with Crippen LogP contribution < -0.4 is 21.6 Å². The Morgan fingerprint density at radius 3 is 2.74 bits per heavy atom. The Morgan fingerprint density at radius 1 is 1.21 bits per heavy atom. The molecule has 2 aliphatic rings. The first-order valence-corrected chi connectivity index (χ1v) is 14.9. The van der Waals surface area contributed by atoms with Gasteiger partial charge in [-0.3, -0.25) is 4.98 Å². The van der Waals surface area contributed by atoms with Crippen LogP contribution in [0.25, 0.3) is 11.3 Å². The van der Waals surface area contributed by atoms with E-state index in [0.29, 0.717) is 68.0 Å². The van der Waals surface area contributed by atoms with Crippen LogP contribution in [0.4, 0.5) is 11.6 Å². The third-order valence-corrected chi connectivity index (χ3v) is 8.23. The number of aromatic amines is 2. The van der Waals surface area contributed by atoms with Gasteiger partial charge in [-0.2, -0.15) is 10.4 Å². The fourth-order valence-electron chi connectivity index (χ4n) is 5.52. The molecule has 0 unspecified atom stereocenters. The minimum atomic E-state index is -0.440. The molecule has 5 rings (SSSR count). The van der Waals surface area contributed by atoms with Gasteiger partial charge in [-0.15, -0.1) is 0 Å². The van der Waals surface area contributed by atoms with Crippen LogP contribution in [-0.4, -0.2) is 69.6 Å². The van der Waals surface area contributed by atoms with Gasteiger partial charge in [-0.05, 0) is 63.6 Å². The van der Waals surface area contributed by atoms with Gasteiger partial charge in [0.25, 0.3) is 0 Å². The van der Waals surface area contributed by atoms with Crippen LogP contribution in [0.1, 0.15) is 51.3 Å². The number of aromatic nitrogens is 5. The molecule has 4 heterocycles. The molecule has 1 aliphatic carbocycles. The first-order chi connectivity index (χ1) is 20.4. The van der Waals surface area contributed by atoms with E-state index in [0.717, 1.165) is 42.8 Å². The van der Waals surface area contributed by atoms with Gasteiger partial charge in [-0.1, -0.05) is 17.7 Å². The maximum atomic E-state index is 11.1. The molecule has 42 heavy (non-hydrogen) atoms. The summed E-state index contributed by atoms with van der Waals surface area (Å²) in [5.74, 6) is 1.98. The van der Waals surface area contributed by atoms with E-state index in [1.54, 1.807) is 6.20 Å². The number of nitrogens with zero attached hydrogens (tertiary/aromatic N) is 4. The van der Waals surface area contributed by atoms with E-state index in [1.807, 2.05) is 24.3 Å². The van der Waals surface area contributed by atoms with Gasteiger partial charge in [0.1, 0.15) is 18.2 Å². The van der Waals surface area contributed by atoms with Crippen LogP contribution in [0.5, 0.6) is 0 Å². The van der Waals surface area contributed by atoms with Crippen molar-refractivity contribution in [3.05, 3.63) is 51.8 Å². The number of hydrogen-bond acceptors (Lipinski definition) is 10. The zero-order chi connectivity index (χ0) is 29.4. The van der Waals surface area contributed by atoms with Crippen molar-refractivity contribution >= 4 is 23.2 Å². The van der Waals surface area contributed by atoms with Gasteiger partial charge in [0, 0.05) is 49.6 Å². The smallest absolute Gasteiger partial charge is 0.340 e. The number of nitrogens with one attached hydrogen (secondary N) is 5. The molecule has 0 amide bonds. The van der Waals surface area contributed by atoms with Crippen LogP contribution in [0.2, 0.25) is 5.02 Å². The second kappa shape index (κ2) is 14.1. The van der Waals surface area contributed by atoms with E-state index in [4.69, 9.17) is 26.1 Å². The lowest BCUT2D eigenvalue weighted by atomic mass is 9.82. The van der Waals surface area contributed by atoms with E-state index in [-0.39, 0.29) is 18.3 Å². The molecule has 1 aliphatic heterocycles. The second-order valence-electron chi connectivity index (χ2n) is 11.2. The third-order valence-electron chi connectivity index (χ3n) is 7.93. The lowest BCUT2D eigenvalue weighted by molar-refractivity contribution is 0.0455. The van der Waals surface area contributed by atoms with Crippen molar-refractivity contribution in [3.63, 3.8) is 0 Å². The number of hydrogen-bond donors (Lipinski definition) is 5. The number of ether oxygens (including phenoxy) is 2. The Balaban J connectivity index is 1.11. The van der Waals surface area contributed by atoms with Gasteiger partial charge in [-0.25, -0.2) is 19.9 Å². The van der Waals surface area contributed by atoms with Crippen LogP contribution in [0.15, 0.2) is 35.3 Å². The summed E-state index contributed by atoms with van der Waals surface area (Å²) >= 11 is 6.56. The van der Waals surface area contributed by atoms with Gasteiger partial charge in [0.2, 0.25) is 0 Å². The number of nitriles is 1. The SMILES string of the molecule is C[C@@H](COCc1n[nH]c(=O)[nH]1)NC1CCC(Nc2cc(-c3cccc(NCC4(C#N)CCOCC4)n3)c(Cl)cn2)CC1. The van der Waals surface area contributed by atoms with Crippen molar-refractivity contribution in [2.75, 3.05) is 37.0 Å². The van der Waals surface area contributed by atoms with Crippen molar-refractivity contribution in [2.24, 2.45) is 5.41 Å². The molecule has 3 aromatic rings. The lowest BCUT2D eigenvalue weighted by Crippen LogP contribution is -2.43. The number of pyridine rings is 2. The maximum absolute atomic E-state index is 11.1. The molecule has 3 aromatic heterocycles. The van der Waals surface area contributed by atoms with Crippen molar-refractivity contribution < 1.29 is 9.47 Å². The summed E-state index contributed by atoms with van der Waals surface area (Å²) in [7, 11) is 0. The van der Waals surface area contributed by atoms with E-state index < -0.39 is 5.41 Å². The highest BCUT2D eigenvalue weighted by Crippen LogP contribution is 2.32. The Kier molecular flexibility index (Phi) is 10.1. The minimum Gasteiger partial charge on any atom is -0.381 e. The molecule has 0 aromatic carbocycles. The minimum absolute atomic E-state index is 0.186. The fraction of sp³-hybridized carbons (Fsp3) is 0.552. The van der Waals surface area contributed by atoms with E-state index >= 15 is 0 Å².